The van der Waals surface area contributed by atoms with Crippen molar-refractivity contribution in [3.05, 3.63) is 57.8 Å². The molecule has 0 aliphatic carbocycles. The van der Waals surface area contributed by atoms with Crippen molar-refractivity contribution in [3.8, 4) is 5.75 Å². The van der Waals surface area contributed by atoms with E-state index in [9.17, 15) is 0 Å². The molecule has 0 fully saturated rings. The second-order valence-electron chi connectivity index (χ2n) is 4.53. The van der Waals surface area contributed by atoms with Gasteiger partial charge in [-0.15, -0.1) is 0 Å². The SMILES string of the molecule is CCn1nc(COc2cccc(I)c2)c2ccccc21. The number of ether oxygens (including phenoxy) is 1. The molecule has 3 nitrogen and oxygen atoms in total. The van der Waals surface area contributed by atoms with Gasteiger partial charge < -0.3 is 4.74 Å². The van der Waals surface area contributed by atoms with Crippen LogP contribution in [0, 0.1) is 3.57 Å². The predicted molar refractivity (Wildman–Crippen MR) is 88.9 cm³/mol. The third kappa shape index (κ3) is 2.65. The van der Waals surface area contributed by atoms with E-state index in [1.807, 2.05) is 35.0 Å². The molecule has 0 spiro atoms. The summed E-state index contributed by atoms with van der Waals surface area (Å²) in [4.78, 5) is 0. The number of benzene rings is 2. The predicted octanol–water partition coefficient (Wildman–Crippen LogP) is 4.24. The van der Waals surface area contributed by atoms with Crippen molar-refractivity contribution in [2.24, 2.45) is 0 Å². The van der Waals surface area contributed by atoms with E-state index in [0.717, 1.165) is 23.5 Å². The van der Waals surface area contributed by atoms with E-state index >= 15 is 0 Å². The lowest BCUT2D eigenvalue weighted by molar-refractivity contribution is 0.300. The maximum absolute atomic E-state index is 5.86. The molecule has 102 valence electrons. The summed E-state index contributed by atoms with van der Waals surface area (Å²) in [5.74, 6) is 0.882. The minimum atomic E-state index is 0.494. The van der Waals surface area contributed by atoms with Gasteiger partial charge in [0, 0.05) is 15.5 Å². The number of hydrogen-bond acceptors (Lipinski definition) is 2. The monoisotopic (exact) mass is 378 g/mol. The normalized spacial score (nSPS) is 10.9. The highest BCUT2D eigenvalue weighted by molar-refractivity contribution is 14.1. The third-order valence-corrected chi connectivity index (χ3v) is 3.88. The largest absolute Gasteiger partial charge is 0.487 e. The van der Waals surface area contributed by atoms with Crippen molar-refractivity contribution in [2.75, 3.05) is 0 Å². The van der Waals surface area contributed by atoms with Crippen LogP contribution < -0.4 is 4.74 Å². The molecule has 2 aromatic carbocycles. The standard InChI is InChI=1S/C16H15IN2O/c1-2-19-16-9-4-3-8-14(16)15(18-19)11-20-13-7-5-6-12(17)10-13/h3-10H,2,11H2,1H3. The molecule has 0 saturated heterocycles. The lowest BCUT2D eigenvalue weighted by Crippen LogP contribution is -2.00. The molecular formula is C16H15IN2O. The quantitative estimate of drug-likeness (QED) is 0.635. The van der Waals surface area contributed by atoms with Crippen LogP contribution in [0.5, 0.6) is 5.75 Å². The third-order valence-electron chi connectivity index (χ3n) is 3.21. The van der Waals surface area contributed by atoms with Crippen LogP contribution in [0.15, 0.2) is 48.5 Å². The van der Waals surface area contributed by atoms with Crippen molar-refractivity contribution < 1.29 is 4.74 Å². The molecule has 1 aromatic heterocycles. The van der Waals surface area contributed by atoms with Crippen LogP contribution >= 0.6 is 22.6 Å². The second kappa shape index (κ2) is 5.83. The number of hydrogen-bond donors (Lipinski definition) is 0. The van der Waals surface area contributed by atoms with E-state index in [2.05, 4.69) is 52.8 Å². The van der Waals surface area contributed by atoms with Gasteiger partial charge in [-0.2, -0.15) is 5.10 Å². The number of nitrogens with zero attached hydrogens (tertiary/aromatic N) is 2. The Morgan fingerprint density at radius 3 is 2.80 bits per heavy atom. The summed E-state index contributed by atoms with van der Waals surface area (Å²) in [7, 11) is 0. The summed E-state index contributed by atoms with van der Waals surface area (Å²) in [6, 6.07) is 16.3. The lowest BCUT2D eigenvalue weighted by Gasteiger charge is -2.04. The Morgan fingerprint density at radius 2 is 2.00 bits per heavy atom. The molecule has 0 unspecified atom stereocenters. The van der Waals surface area contributed by atoms with Crippen molar-refractivity contribution in [3.63, 3.8) is 0 Å². The zero-order valence-electron chi connectivity index (χ0n) is 11.2. The van der Waals surface area contributed by atoms with Crippen LogP contribution in [0.2, 0.25) is 0 Å². The lowest BCUT2D eigenvalue weighted by atomic mass is 10.2. The first-order valence-electron chi connectivity index (χ1n) is 6.60. The van der Waals surface area contributed by atoms with Crippen molar-refractivity contribution in [2.45, 2.75) is 20.1 Å². The molecule has 0 aliphatic rings. The van der Waals surface area contributed by atoms with Gasteiger partial charge >= 0.3 is 0 Å². The Balaban J connectivity index is 1.88. The van der Waals surface area contributed by atoms with E-state index in [0.29, 0.717) is 6.61 Å². The highest BCUT2D eigenvalue weighted by Crippen LogP contribution is 2.21. The van der Waals surface area contributed by atoms with Crippen LogP contribution in [0.3, 0.4) is 0 Å². The summed E-state index contributed by atoms with van der Waals surface area (Å²) in [5, 5.41) is 5.80. The number of rotatable bonds is 4. The first kappa shape index (κ1) is 13.4. The highest BCUT2D eigenvalue weighted by Gasteiger charge is 2.09. The van der Waals surface area contributed by atoms with Gasteiger partial charge in [0.25, 0.3) is 0 Å². The maximum atomic E-state index is 5.86. The summed E-state index contributed by atoms with van der Waals surface area (Å²) in [6.45, 7) is 3.46. The van der Waals surface area contributed by atoms with Gasteiger partial charge in [-0.3, -0.25) is 4.68 Å². The van der Waals surface area contributed by atoms with E-state index in [4.69, 9.17) is 4.74 Å². The topological polar surface area (TPSA) is 27.1 Å². The van der Waals surface area contributed by atoms with Crippen LogP contribution in [0.1, 0.15) is 12.6 Å². The Kier molecular flexibility index (Phi) is 3.91. The van der Waals surface area contributed by atoms with E-state index in [1.165, 1.54) is 8.96 Å². The molecule has 3 rings (SSSR count). The fourth-order valence-electron chi connectivity index (χ4n) is 2.25. The zero-order valence-corrected chi connectivity index (χ0v) is 13.4. The molecule has 0 aliphatic heterocycles. The molecule has 0 saturated carbocycles. The van der Waals surface area contributed by atoms with Crippen molar-refractivity contribution in [1.82, 2.24) is 9.78 Å². The molecule has 0 N–H and O–H groups in total. The van der Waals surface area contributed by atoms with Gasteiger partial charge in [-0.25, -0.2) is 0 Å². The minimum absolute atomic E-state index is 0.494. The number of aromatic nitrogens is 2. The number of fused-ring (bicyclic) bond motifs is 1. The van der Waals surface area contributed by atoms with Gasteiger partial charge in [0.2, 0.25) is 0 Å². The van der Waals surface area contributed by atoms with Crippen molar-refractivity contribution >= 4 is 33.5 Å². The first-order valence-corrected chi connectivity index (χ1v) is 7.68. The molecule has 0 atom stereocenters. The number of para-hydroxylation sites is 1. The van der Waals surface area contributed by atoms with E-state index < -0.39 is 0 Å². The van der Waals surface area contributed by atoms with E-state index in [-0.39, 0.29) is 0 Å². The summed E-state index contributed by atoms with van der Waals surface area (Å²) in [6.07, 6.45) is 0. The molecule has 0 bridgehead atoms. The van der Waals surface area contributed by atoms with Crippen LogP contribution in [-0.2, 0) is 13.2 Å². The number of aryl methyl sites for hydroxylation is 1. The smallest absolute Gasteiger partial charge is 0.133 e. The van der Waals surface area contributed by atoms with Crippen molar-refractivity contribution in [1.29, 1.82) is 0 Å². The molecule has 1 heterocycles. The molecule has 3 aromatic rings. The fraction of sp³-hybridized carbons (Fsp3) is 0.188. The second-order valence-corrected chi connectivity index (χ2v) is 5.77. The fourth-order valence-corrected chi connectivity index (χ4v) is 2.77. The van der Waals surface area contributed by atoms with Gasteiger partial charge in [0.15, 0.2) is 0 Å². The average Bonchev–Trinajstić information content (AvgIpc) is 2.83. The Hall–Kier alpha value is -1.56. The van der Waals surface area contributed by atoms with Crippen LogP contribution in [0.4, 0.5) is 0 Å². The Morgan fingerprint density at radius 1 is 1.15 bits per heavy atom. The minimum Gasteiger partial charge on any atom is -0.487 e. The Labute approximate surface area is 131 Å². The molecule has 0 radical (unpaired) electrons. The summed E-state index contributed by atoms with van der Waals surface area (Å²) in [5.41, 5.74) is 2.15. The van der Waals surface area contributed by atoms with Gasteiger partial charge in [-0.05, 0) is 53.8 Å². The van der Waals surface area contributed by atoms with Gasteiger partial charge in [0.05, 0.1) is 5.52 Å². The van der Waals surface area contributed by atoms with Gasteiger partial charge in [-0.1, -0.05) is 24.3 Å². The van der Waals surface area contributed by atoms with Crippen LogP contribution in [-0.4, -0.2) is 9.78 Å². The molecule has 20 heavy (non-hydrogen) atoms. The highest BCUT2D eigenvalue weighted by atomic mass is 127. The maximum Gasteiger partial charge on any atom is 0.133 e. The number of halogens is 1. The summed E-state index contributed by atoms with van der Waals surface area (Å²) < 4.78 is 9.05. The average molecular weight is 378 g/mol. The molecular weight excluding hydrogens is 363 g/mol. The Bertz CT molecular complexity index is 736. The van der Waals surface area contributed by atoms with E-state index in [1.54, 1.807) is 0 Å². The zero-order chi connectivity index (χ0) is 13.9. The summed E-state index contributed by atoms with van der Waals surface area (Å²) >= 11 is 2.28. The molecule has 0 amide bonds. The molecule has 4 heteroatoms. The van der Waals surface area contributed by atoms with Crippen LogP contribution in [0.25, 0.3) is 10.9 Å². The van der Waals surface area contributed by atoms with Gasteiger partial charge in [0.1, 0.15) is 18.1 Å². The first-order chi connectivity index (χ1) is 9.78.